The fraction of sp³-hybridized carbons (Fsp3) is 0.312. The molecule has 0 aliphatic rings. The summed E-state index contributed by atoms with van der Waals surface area (Å²) in [5.41, 5.74) is 0.245. The first-order valence-electron chi connectivity index (χ1n) is 7.57. The van der Waals surface area contributed by atoms with Gasteiger partial charge in [-0.1, -0.05) is 0 Å². The predicted molar refractivity (Wildman–Crippen MR) is 85.9 cm³/mol. The highest BCUT2D eigenvalue weighted by Crippen LogP contribution is 2.33. The van der Waals surface area contributed by atoms with Crippen LogP contribution in [0, 0.1) is 6.92 Å². The number of hydrogen-bond acceptors (Lipinski definition) is 3. The third kappa shape index (κ3) is 3.49. The number of aryl methyl sites for hydroxylation is 3. The first kappa shape index (κ1) is 17.0. The maximum atomic E-state index is 13.2. The van der Waals surface area contributed by atoms with Gasteiger partial charge in [0.25, 0.3) is 0 Å². The van der Waals surface area contributed by atoms with Gasteiger partial charge in [-0.3, -0.25) is 9.48 Å². The van der Waals surface area contributed by atoms with Crippen LogP contribution in [-0.2, 0) is 24.6 Å². The molecule has 132 valence electrons. The molecule has 0 aromatic carbocycles. The number of alkyl halides is 3. The van der Waals surface area contributed by atoms with Gasteiger partial charge < -0.3 is 9.88 Å². The zero-order valence-corrected chi connectivity index (χ0v) is 13.6. The van der Waals surface area contributed by atoms with Crippen molar-refractivity contribution in [3.63, 3.8) is 0 Å². The van der Waals surface area contributed by atoms with E-state index < -0.39 is 17.8 Å². The van der Waals surface area contributed by atoms with Gasteiger partial charge in [0.05, 0.1) is 0 Å². The van der Waals surface area contributed by atoms with Gasteiger partial charge in [0.1, 0.15) is 11.3 Å². The lowest BCUT2D eigenvalue weighted by Gasteiger charge is -2.12. The smallest absolute Gasteiger partial charge is 0.321 e. The van der Waals surface area contributed by atoms with Gasteiger partial charge in [0.15, 0.2) is 5.82 Å². The molecule has 0 saturated heterocycles. The predicted octanol–water partition coefficient (Wildman–Crippen LogP) is 3.13. The fourth-order valence-corrected chi connectivity index (χ4v) is 2.59. The molecular formula is C16H16F3N5O. The Labute approximate surface area is 141 Å². The molecule has 9 heteroatoms. The number of hydrogen-bond donors (Lipinski definition) is 1. The van der Waals surface area contributed by atoms with Crippen molar-refractivity contribution in [1.82, 2.24) is 19.3 Å². The van der Waals surface area contributed by atoms with E-state index in [0.717, 1.165) is 16.3 Å². The Balaban J connectivity index is 1.79. The molecule has 6 nitrogen and oxygen atoms in total. The van der Waals surface area contributed by atoms with Crippen molar-refractivity contribution < 1.29 is 18.0 Å². The van der Waals surface area contributed by atoms with Gasteiger partial charge in [-0.2, -0.15) is 18.3 Å². The van der Waals surface area contributed by atoms with Crippen molar-refractivity contribution in [2.75, 3.05) is 5.32 Å². The normalized spacial score (nSPS) is 11.9. The summed E-state index contributed by atoms with van der Waals surface area (Å²) in [6.07, 6.45) is -3.22. The highest BCUT2D eigenvalue weighted by atomic mass is 19.4. The number of carbonyl (C=O) groups is 1. The first-order chi connectivity index (χ1) is 11.8. The first-order valence-corrected chi connectivity index (χ1v) is 7.57. The van der Waals surface area contributed by atoms with Crippen molar-refractivity contribution in [2.45, 2.75) is 26.1 Å². The Hall–Kier alpha value is -2.84. The summed E-state index contributed by atoms with van der Waals surface area (Å²) in [4.78, 5) is 16.1. The van der Waals surface area contributed by atoms with E-state index in [2.05, 4.69) is 15.4 Å². The molecule has 0 aliphatic carbocycles. The van der Waals surface area contributed by atoms with E-state index in [9.17, 15) is 18.0 Å². The van der Waals surface area contributed by atoms with E-state index in [1.165, 1.54) is 6.20 Å². The molecule has 3 aromatic rings. The summed E-state index contributed by atoms with van der Waals surface area (Å²) in [6.45, 7) is 1.70. The summed E-state index contributed by atoms with van der Waals surface area (Å²) < 4.78 is 42.4. The number of fused-ring (bicyclic) bond motifs is 1. The second kappa shape index (κ2) is 6.23. The van der Waals surface area contributed by atoms with Gasteiger partial charge in [-0.25, -0.2) is 4.98 Å². The molecule has 0 bridgehead atoms. The number of pyridine rings is 1. The largest absolute Gasteiger partial charge is 0.431 e. The molecule has 0 radical (unpaired) electrons. The average Bonchev–Trinajstić information content (AvgIpc) is 3.05. The molecule has 3 heterocycles. The van der Waals surface area contributed by atoms with Crippen LogP contribution in [0.15, 0.2) is 30.5 Å². The summed E-state index contributed by atoms with van der Waals surface area (Å²) in [6, 6.07) is 5.86. The standard InChI is InChI=1S/C16H16F3N5O/c1-10-8-13(22-23(10)2)21-14(25)5-7-24-12(16(17,18)19)9-11-4-3-6-20-15(11)24/h3-4,6,8-9H,5,7H2,1-2H3,(H,21,22,25). The van der Waals surface area contributed by atoms with Gasteiger partial charge in [-0.15, -0.1) is 0 Å². The number of aromatic nitrogens is 4. The zero-order valence-electron chi connectivity index (χ0n) is 13.6. The molecule has 3 aromatic heterocycles. The molecule has 0 aliphatic heterocycles. The Kier molecular flexibility index (Phi) is 4.23. The Morgan fingerprint density at radius 2 is 2.08 bits per heavy atom. The van der Waals surface area contributed by atoms with Crippen LogP contribution in [-0.4, -0.2) is 25.2 Å². The van der Waals surface area contributed by atoms with Gasteiger partial charge in [-0.05, 0) is 25.1 Å². The summed E-state index contributed by atoms with van der Waals surface area (Å²) >= 11 is 0. The van der Waals surface area contributed by atoms with Gasteiger partial charge >= 0.3 is 6.18 Å². The van der Waals surface area contributed by atoms with Crippen molar-refractivity contribution in [3.05, 3.63) is 41.9 Å². The molecule has 3 rings (SSSR count). The van der Waals surface area contributed by atoms with E-state index in [4.69, 9.17) is 0 Å². The molecule has 0 unspecified atom stereocenters. The lowest BCUT2D eigenvalue weighted by atomic mass is 10.3. The lowest BCUT2D eigenvalue weighted by Crippen LogP contribution is -2.19. The van der Waals surface area contributed by atoms with Gasteiger partial charge in [0, 0.05) is 43.4 Å². The van der Waals surface area contributed by atoms with Crippen molar-refractivity contribution in [1.29, 1.82) is 0 Å². The summed E-state index contributed by atoms with van der Waals surface area (Å²) in [7, 11) is 1.73. The molecular weight excluding hydrogens is 335 g/mol. The van der Waals surface area contributed by atoms with Crippen molar-refractivity contribution >= 4 is 22.8 Å². The Morgan fingerprint density at radius 3 is 2.72 bits per heavy atom. The molecule has 0 saturated carbocycles. The minimum atomic E-state index is -4.52. The number of anilines is 1. The van der Waals surface area contributed by atoms with Crippen molar-refractivity contribution in [3.8, 4) is 0 Å². The number of nitrogens with zero attached hydrogens (tertiary/aromatic N) is 4. The number of halogens is 3. The third-order valence-corrected chi connectivity index (χ3v) is 3.89. The van der Waals surface area contributed by atoms with E-state index >= 15 is 0 Å². The van der Waals surface area contributed by atoms with E-state index in [1.54, 1.807) is 29.9 Å². The van der Waals surface area contributed by atoms with Crippen LogP contribution < -0.4 is 5.32 Å². The second-order valence-corrected chi connectivity index (χ2v) is 5.69. The second-order valence-electron chi connectivity index (χ2n) is 5.69. The topological polar surface area (TPSA) is 64.7 Å². The molecule has 0 atom stereocenters. The Bertz CT molecular complexity index is 906. The number of nitrogens with one attached hydrogen (secondary N) is 1. The van der Waals surface area contributed by atoms with Crippen LogP contribution in [0.5, 0.6) is 0 Å². The maximum Gasteiger partial charge on any atom is 0.431 e. The zero-order chi connectivity index (χ0) is 18.2. The SMILES string of the molecule is Cc1cc(NC(=O)CCn2c(C(F)(F)F)cc3cccnc32)nn1C. The molecule has 25 heavy (non-hydrogen) atoms. The number of amides is 1. The van der Waals surface area contributed by atoms with Crippen LogP contribution in [0.3, 0.4) is 0 Å². The van der Waals surface area contributed by atoms with Crippen LogP contribution in [0.1, 0.15) is 17.8 Å². The molecule has 1 amide bonds. The number of carbonyl (C=O) groups excluding carboxylic acids is 1. The highest BCUT2D eigenvalue weighted by Gasteiger charge is 2.35. The van der Waals surface area contributed by atoms with Crippen LogP contribution in [0.4, 0.5) is 19.0 Å². The van der Waals surface area contributed by atoms with Gasteiger partial charge in [0.2, 0.25) is 5.91 Å². The maximum absolute atomic E-state index is 13.2. The molecule has 1 N–H and O–H groups in total. The van der Waals surface area contributed by atoms with E-state index in [-0.39, 0.29) is 18.6 Å². The molecule has 0 spiro atoms. The Morgan fingerprint density at radius 1 is 1.32 bits per heavy atom. The average molecular weight is 351 g/mol. The monoisotopic (exact) mass is 351 g/mol. The van der Waals surface area contributed by atoms with Crippen LogP contribution in [0.2, 0.25) is 0 Å². The lowest BCUT2D eigenvalue weighted by molar-refractivity contribution is -0.143. The van der Waals surface area contributed by atoms with E-state index in [0.29, 0.717) is 11.2 Å². The molecule has 0 fully saturated rings. The minimum Gasteiger partial charge on any atom is -0.321 e. The summed E-state index contributed by atoms with van der Waals surface area (Å²) in [5.74, 6) is -0.0412. The van der Waals surface area contributed by atoms with E-state index in [1.807, 2.05) is 6.92 Å². The minimum absolute atomic E-state index is 0.126. The highest BCUT2D eigenvalue weighted by molar-refractivity contribution is 5.89. The third-order valence-electron chi connectivity index (χ3n) is 3.89. The summed E-state index contributed by atoms with van der Waals surface area (Å²) in [5, 5.41) is 7.06. The van der Waals surface area contributed by atoms with Crippen LogP contribution in [0.25, 0.3) is 11.0 Å². The van der Waals surface area contributed by atoms with Crippen molar-refractivity contribution in [2.24, 2.45) is 7.05 Å². The number of rotatable bonds is 4. The fourth-order valence-electron chi connectivity index (χ4n) is 2.59. The van der Waals surface area contributed by atoms with Crippen LogP contribution >= 0.6 is 0 Å². The quantitative estimate of drug-likeness (QED) is 0.785.